The molecule has 0 aromatic carbocycles. The summed E-state index contributed by atoms with van der Waals surface area (Å²) < 4.78 is 5.23. The molecular weight excluding hydrogens is 209 g/mol. The van der Waals surface area contributed by atoms with Gasteiger partial charge in [0.25, 0.3) is 0 Å². The highest BCUT2D eigenvalue weighted by Gasteiger charge is 2.42. The zero-order valence-electron chi connectivity index (χ0n) is 7.17. The van der Waals surface area contributed by atoms with Crippen LogP contribution in [0.1, 0.15) is 12.8 Å². The molecule has 3 aliphatic rings. The Morgan fingerprint density at radius 1 is 1.46 bits per heavy atom. The maximum absolute atomic E-state index is 5.47. The van der Waals surface area contributed by atoms with Gasteiger partial charge in [-0.2, -0.15) is 0 Å². The fraction of sp³-hybridized carbons (Fsp3) is 0.667. The summed E-state index contributed by atoms with van der Waals surface area (Å²) in [6.07, 6.45) is 5.05. The minimum Gasteiger partial charge on any atom is -0.378 e. The zero-order chi connectivity index (χ0) is 9.26. The molecule has 2 heterocycles. The number of fused-ring (bicyclic) bond motifs is 1. The van der Waals surface area contributed by atoms with Gasteiger partial charge in [-0.15, -0.1) is 0 Å². The van der Waals surface area contributed by atoms with Crippen LogP contribution in [-0.4, -0.2) is 24.4 Å². The molecule has 0 radical (unpaired) electrons. The monoisotopic (exact) mass is 219 g/mol. The van der Waals surface area contributed by atoms with Gasteiger partial charge in [-0.05, 0) is 24.8 Å². The van der Waals surface area contributed by atoms with Crippen LogP contribution in [0.4, 0.5) is 0 Å². The van der Waals surface area contributed by atoms with Crippen molar-refractivity contribution in [2.24, 2.45) is 10.9 Å². The summed E-state index contributed by atoms with van der Waals surface area (Å²) in [5, 5.41) is 1.22. The summed E-state index contributed by atoms with van der Waals surface area (Å²) >= 11 is 10.9. The Kier molecular flexibility index (Phi) is 2.92. The van der Waals surface area contributed by atoms with Crippen molar-refractivity contribution in [1.29, 1.82) is 0 Å². The lowest BCUT2D eigenvalue weighted by Gasteiger charge is -1.86. The topological polar surface area (TPSA) is 21.6 Å². The lowest BCUT2D eigenvalue weighted by Crippen LogP contribution is -1.84. The van der Waals surface area contributed by atoms with Crippen molar-refractivity contribution in [1.82, 2.24) is 0 Å². The van der Waals surface area contributed by atoms with Gasteiger partial charge in [0.2, 0.25) is 0 Å². The number of halogens is 2. The van der Waals surface area contributed by atoms with E-state index in [1.165, 1.54) is 12.8 Å². The van der Waals surface area contributed by atoms with Crippen LogP contribution in [0.5, 0.6) is 0 Å². The number of hydrogen-bond donors (Lipinski definition) is 0. The SMILES string of the molecule is C1CC2CC2O1.ClC1=CC(Cl)=NC1. The van der Waals surface area contributed by atoms with Gasteiger partial charge in [-0.25, -0.2) is 0 Å². The quantitative estimate of drug-likeness (QED) is 0.614. The maximum Gasteiger partial charge on any atom is 0.125 e. The highest BCUT2D eigenvalue weighted by atomic mass is 35.5. The van der Waals surface area contributed by atoms with E-state index in [-0.39, 0.29) is 0 Å². The molecule has 0 bridgehead atoms. The fourth-order valence-electron chi connectivity index (χ4n) is 1.47. The Morgan fingerprint density at radius 3 is 2.46 bits per heavy atom. The molecule has 2 fully saturated rings. The first-order valence-corrected chi connectivity index (χ1v) is 5.19. The van der Waals surface area contributed by atoms with Crippen LogP contribution in [0.3, 0.4) is 0 Å². The Morgan fingerprint density at radius 2 is 2.31 bits per heavy atom. The van der Waals surface area contributed by atoms with Gasteiger partial charge in [0.15, 0.2) is 0 Å². The second-order valence-corrected chi connectivity index (χ2v) is 4.30. The average molecular weight is 220 g/mol. The summed E-state index contributed by atoms with van der Waals surface area (Å²) in [6.45, 7) is 1.59. The van der Waals surface area contributed by atoms with Crippen LogP contribution in [0.15, 0.2) is 16.1 Å². The number of allylic oxidation sites excluding steroid dienone is 1. The van der Waals surface area contributed by atoms with E-state index in [1.54, 1.807) is 6.08 Å². The number of rotatable bonds is 0. The van der Waals surface area contributed by atoms with Crippen molar-refractivity contribution in [3.8, 4) is 0 Å². The molecule has 13 heavy (non-hydrogen) atoms. The van der Waals surface area contributed by atoms with Gasteiger partial charge in [0.1, 0.15) is 5.17 Å². The first kappa shape index (κ1) is 9.50. The molecule has 1 saturated heterocycles. The van der Waals surface area contributed by atoms with Crippen molar-refractivity contribution >= 4 is 28.4 Å². The highest BCUT2D eigenvalue weighted by Crippen LogP contribution is 2.41. The lowest BCUT2D eigenvalue weighted by atomic mass is 10.3. The van der Waals surface area contributed by atoms with Gasteiger partial charge >= 0.3 is 0 Å². The molecule has 4 heteroatoms. The number of hydrogen-bond acceptors (Lipinski definition) is 2. The maximum atomic E-state index is 5.47. The fourth-order valence-corrected chi connectivity index (χ4v) is 1.88. The predicted molar refractivity (Wildman–Crippen MR) is 54.6 cm³/mol. The van der Waals surface area contributed by atoms with Crippen LogP contribution < -0.4 is 0 Å². The van der Waals surface area contributed by atoms with Crippen LogP contribution in [0.2, 0.25) is 0 Å². The summed E-state index contributed by atoms with van der Waals surface area (Å²) in [5.41, 5.74) is 0. The highest BCUT2D eigenvalue weighted by molar-refractivity contribution is 6.69. The van der Waals surface area contributed by atoms with Crippen LogP contribution >= 0.6 is 23.2 Å². The van der Waals surface area contributed by atoms with E-state index >= 15 is 0 Å². The molecule has 0 amide bonds. The van der Waals surface area contributed by atoms with Crippen molar-refractivity contribution in [3.63, 3.8) is 0 Å². The average Bonchev–Trinajstić information content (AvgIpc) is 2.53. The minimum atomic E-state index is 0.505. The van der Waals surface area contributed by atoms with Gasteiger partial charge in [0.05, 0.1) is 12.6 Å². The molecule has 0 aromatic rings. The van der Waals surface area contributed by atoms with Gasteiger partial charge in [-0.1, -0.05) is 23.2 Å². The predicted octanol–water partition coefficient (Wildman–Crippen LogP) is 2.56. The summed E-state index contributed by atoms with van der Waals surface area (Å²) in [6, 6.07) is 0. The first-order chi connectivity index (χ1) is 6.25. The largest absolute Gasteiger partial charge is 0.378 e. The molecule has 72 valence electrons. The zero-order valence-corrected chi connectivity index (χ0v) is 8.68. The third-order valence-electron chi connectivity index (χ3n) is 2.34. The Hall–Kier alpha value is -0.0500. The van der Waals surface area contributed by atoms with Gasteiger partial charge < -0.3 is 4.74 Å². The molecular formula is C9H11Cl2NO. The van der Waals surface area contributed by atoms with Crippen molar-refractivity contribution in [2.45, 2.75) is 18.9 Å². The smallest absolute Gasteiger partial charge is 0.125 e. The molecule has 0 spiro atoms. The Labute approximate surface area is 87.6 Å². The van der Waals surface area contributed by atoms with Gasteiger partial charge in [0, 0.05) is 11.6 Å². The Bertz CT molecular complexity index is 254. The molecule has 1 aliphatic carbocycles. The number of nitrogens with zero attached hydrogens (tertiary/aromatic N) is 1. The normalized spacial score (nSPS) is 34.3. The van der Waals surface area contributed by atoms with Gasteiger partial charge in [-0.3, -0.25) is 4.99 Å². The molecule has 2 unspecified atom stereocenters. The summed E-state index contributed by atoms with van der Waals surface area (Å²) in [5.74, 6) is 0.991. The summed E-state index contributed by atoms with van der Waals surface area (Å²) in [7, 11) is 0. The van der Waals surface area contributed by atoms with Crippen LogP contribution in [0, 0.1) is 5.92 Å². The van der Waals surface area contributed by atoms with E-state index in [4.69, 9.17) is 27.9 Å². The minimum absolute atomic E-state index is 0.505. The van der Waals surface area contributed by atoms with Crippen molar-refractivity contribution in [2.75, 3.05) is 13.2 Å². The van der Waals surface area contributed by atoms with Crippen molar-refractivity contribution in [3.05, 3.63) is 11.1 Å². The van der Waals surface area contributed by atoms with E-state index in [1.807, 2.05) is 0 Å². The third kappa shape index (κ3) is 2.70. The standard InChI is InChI=1S/C5H8O.C4H3Cl2N/c1-2-6-5-3-4(1)5;5-3-1-4(6)7-2-3/h4-5H,1-3H2;1H,2H2. The molecule has 2 atom stereocenters. The van der Waals surface area contributed by atoms with Crippen molar-refractivity contribution < 1.29 is 4.74 Å². The molecule has 0 N–H and O–H groups in total. The number of ether oxygens (including phenoxy) is 1. The van der Waals surface area contributed by atoms with E-state index in [9.17, 15) is 0 Å². The first-order valence-electron chi connectivity index (χ1n) is 4.43. The van der Waals surface area contributed by atoms with Crippen LogP contribution in [-0.2, 0) is 4.74 Å². The third-order valence-corrected chi connectivity index (χ3v) is 2.79. The Balaban J connectivity index is 0.000000101. The molecule has 2 nitrogen and oxygen atoms in total. The van der Waals surface area contributed by atoms with E-state index in [0.29, 0.717) is 22.9 Å². The molecule has 2 aliphatic heterocycles. The molecule has 3 rings (SSSR count). The second-order valence-electron chi connectivity index (χ2n) is 3.42. The van der Waals surface area contributed by atoms with Crippen LogP contribution in [0.25, 0.3) is 0 Å². The summed E-state index contributed by atoms with van der Waals surface area (Å²) in [4.78, 5) is 3.77. The lowest BCUT2D eigenvalue weighted by molar-refractivity contribution is 0.156. The van der Waals surface area contributed by atoms with E-state index in [0.717, 1.165) is 12.5 Å². The molecule has 1 saturated carbocycles. The molecule has 0 aromatic heterocycles. The van der Waals surface area contributed by atoms with E-state index < -0.39 is 0 Å². The number of aliphatic imine (C=N–C) groups is 1. The second kappa shape index (κ2) is 3.99. The van der Waals surface area contributed by atoms with E-state index in [2.05, 4.69) is 4.99 Å².